The fraction of sp³-hybridized carbons (Fsp3) is 0.455. The highest BCUT2D eigenvalue weighted by atomic mass is 35.5. The van der Waals surface area contributed by atoms with Crippen LogP contribution < -0.4 is 10.0 Å². The summed E-state index contributed by atoms with van der Waals surface area (Å²) in [5.74, 6) is 0. The normalized spacial score (nSPS) is 20.1. The maximum atomic E-state index is 12.2. The summed E-state index contributed by atoms with van der Waals surface area (Å²) in [6.45, 7) is 1.95. The van der Waals surface area contributed by atoms with Crippen LogP contribution in [-0.4, -0.2) is 40.8 Å². The predicted octanol–water partition coefficient (Wildman–Crippen LogP) is 1.91. The second-order valence-corrected chi connectivity index (χ2v) is 7.23. The highest BCUT2D eigenvalue weighted by Crippen LogP contribution is 2.32. The van der Waals surface area contributed by atoms with Crippen molar-refractivity contribution in [2.24, 2.45) is 0 Å². The lowest BCUT2D eigenvalue weighted by molar-refractivity contribution is 0.0784. The molecule has 1 atom stereocenters. The van der Waals surface area contributed by atoms with Crippen LogP contribution >= 0.6 is 34.8 Å². The van der Waals surface area contributed by atoms with Gasteiger partial charge in [0.05, 0.1) is 23.3 Å². The molecule has 1 aliphatic rings. The van der Waals surface area contributed by atoms with Gasteiger partial charge in [0.2, 0.25) is 10.0 Å². The van der Waals surface area contributed by atoms with Crippen LogP contribution in [-0.2, 0) is 14.8 Å². The first-order valence-electron chi connectivity index (χ1n) is 5.85. The largest absolute Gasteiger partial charge is 0.378 e. The summed E-state index contributed by atoms with van der Waals surface area (Å²) in [6.07, 6.45) is 0. The zero-order chi connectivity index (χ0) is 14.8. The van der Waals surface area contributed by atoms with E-state index >= 15 is 0 Å². The van der Waals surface area contributed by atoms with Crippen molar-refractivity contribution < 1.29 is 13.2 Å². The van der Waals surface area contributed by atoms with E-state index in [9.17, 15) is 8.42 Å². The fourth-order valence-electron chi connectivity index (χ4n) is 1.82. The predicted molar refractivity (Wildman–Crippen MR) is 79.3 cm³/mol. The van der Waals surface area contributed by atoms with Gasteiger partial charge < -0.3 is 10.1 Å². The molecule has 0 radical (unpaired) electrons. The van der Waals surface area contributed by atoms with E-state index in [1.54, 1.807) is 0 Å². The minimum Gasteiger partial charge on any atom is -0.378 e. The number of morpholine rings is 1. The zero-order valence-electron chi connectivity index (χ0n) is 10.3. The molecule has 112 valence electrons. The smallest absolute Gasteiger partial charge is 0.243 e. The molecule has 1 aromatic rings. The number of halogens is 3. The van der Waals surface area contributed by atoms with Crippen molar-refractivity contribution in [3.05, 3.63) is 27.2 Å². The molecule has 9 heteroatoms. The second-order valence-electron chi connectivity index (χ2n) is 4.28. The van der Waals surface area contributed by atoms with E-state index < -0.39 is 10.0 Å². The molecule has 0 amide bonds. The molecule has 1 aliphatic heterocycles. The zero-order valence-corrected chi connectivity index (χ0v) is 13.4. The Hall–Kier alpha value is -0.0800. The van der Waals surface area contributed by atoms with Gasteiger partial charge in [-0.15, -0.1) is 0 Å². The van der Waals surface area contributed by atoms with E-state index in [0.717, 1.165) is 0 Å². The average molecular weight is 360 g/mol. The molecule has 5 nitrogen and oxygen atoms in total. The summed E-state index contributed by atoms with van der Waals surface area (Å²) < 4.78 is 32.2. The summed E-state index contributed by atoms with van der Waals surface area (Å²) in [5, 5.41) is 3.40. The van der Waals surface area contributed by atoms with Crippen LogP contribution in [0.4, 0.5) is 0 Å². The van der Waals surface area contributed by atoms with Gasteiger partial charge in [-0.25, -0.2) is 13.1 Å². The molecule has 1 saturated heterocycles. The fourth-order valence-corrected chi connectivity index (χ4v) is 4.44. The van der Waals surface area contributed by atoms with Gasteiger partial charge in [0.1, 0.15) is 4.90 Å². The van der Waals surface area contributed by atoms with E-state index in [1.165, 1.54) is 12.1 Å². The average Bonchev–Trinajstić information content (AvgIpc) is 2.36. The van der Waals surface area contributed by atoms with Crippen LogP contribution in [0.25, 0.3) is 0 Å². The van der Waals surface area contributed by atoms with Crippen LogP contribution in [0.5, 0.6) is 0 Å². The van der Waals surface area contributed by atoms with E-state index in [-0.39, 0.29) is 32.5 Å². The number of hydrogen-bond acceptors (Lipinski definition) is 4. The molecular formula is C11H13Cl3N2O3S. The molecule has 0 saturated carbocycles. The molecule has 0 aliphatic carbocycles. The molecule has 1 fully saturated rings. The maximum Gasteiger partial charge on any atom is 0.243 e. The van der Waals surface area contributed by atoms with Gasteiger partial charge in [-0.3, -0.25) is 0 Å². The van der Waals surface area contributed by atoms with Crippen molar-refractivity contribution in [3.63, 3.8) is 0 Å². The minimum atomic E-state index is -3.81. The number of ether oxygens (including phenoxy) is 1. The summed E-state index contributed by atoms with van der Waals surface area (Å²) in [6, 6.07) is 2.60. The van der Waals surface area contributed by atoms with Crippen molar-refractivity contribution in [2.75, 3.05) is 26.3 Å². The first-order valence-corrected chi connectivity index (χ1v) is 8.47. The minimum absolute atomic E-state index is 0.0112. The Morgan fingerprint density at radius 2 is 1.95 bits per heavy atom. The molecule has 1 aromatic carbocycles. The molecule has 20 heavy (non-hydrogen) atoms. The third kappa shape index (κ3) is 3.98. The van der Waals surface area contributed by atoms with Crippen molar-refractivity contribution in [2.45, 2.75) is 10.9 Å². The van der Waals surface area contributed by atoms with Gasteiger partial charge >= 0.3 is 0 Å². The lowest BCUT2D eigenvalue weighted by atomic mass is 10.3. The summed E-state index contributed by atoms with van der Waals surface area (Å²) >= 11 is 17.6. The van der Waals surface area contributed by atoms with E-state index in [2.05, 4.69) is 10.0 Å². The Bertz CT molecular complexity index is 566. The van der Waals surface area contributed by atoms with Gasteiger partial charge in [0.15, 0.2) is 0 Å². The number of sulfonamides is 1. The molecule has 2 rings (SSSR count). The van der Waals surface area contributed by atoms with E-state index in [0.29, 0.717) is 19.8 Å². The lowest BCUT2D eigenvalue weighted by Crippen LogP contribution is -2.48. The summed E-state index contributed by atoms with van der Waals surface area (Å²) in [4.78, 5) is -0.165. The molecule has 1 heterocycles. The Kier molecular flexibility index (Phi) is 5.53. The van der Waals surface area contributed by atoms with E-state index in [1.807, 2.05) is 0 Å². The Labute approximate surface area is 132 Å². The highest BCUT2D eigenvalue weighted by Gasteiger charge is 2.24. The van der Waals surface area contributed by atoms with Crippen LogP contribution in [0, 0.1) is 0 Å². The number of benzene rings is 1. The topological polar surface area (TPSA) is 67.4 Å². The molecule has 0 bridgehead atoms. The maximum absolute atomic E-state index is 12.2. The quantitative estimate of drug-likeness (QED) is 0.862. The molecule has 0 spiro atoms. The summed E-state index contributed by atoms with van der Waals surface area (Å²) in [5.41, 5.74) is 0. The highest BCUT2D eigenvalue weighted by molar-refractivity contribution is 7.89. The van der Waals surface area contributed by atoms with Crippen molar-refractivity contribution >= 4 is 44.8 Å². The lowest BCUT2D eigenvalue weighted by Gasteiger charge is -2.24. The van der Waals surface area contributed by atoms with Crippen molar-refractivity contribution in [3.8, 4) is 0 Å². The van der Waals surface area contributed by atoms with Crippen LogP contribution in [0.1, 0.15) is 0 Å². The van der Waals surface area contributed by atoms with Gasteiger partial charge in [-0.1, -0.05) is 34.8 Å². The van der Waals surface area contributed by atoms with Crippen molar-refractivity contribution in [1.29, 1.82) is 0 Å². The van der Waals surface area contributed by atoms with Crippen molar-refractivity contribution in [1.82, 2.24) is 10.0 Å². The van der Waals surface area contributed by atoms with E-state index in [4.69, 9.17) is 39.5 Å². The number of nitrogens with one attached hydrogen (secondary N) is 2. The van der Waals surface area contributed by atoms with Crippen LogP contribution in [0.15, 0.2) is 17.0 Å². The Balaban J connectivity index is 2.14. The van der Waals surface area contributed by atoms with Gasteiger partial charge in [0.25, 0.3) is 0 Å². The summed E-state index contributed by atoms with van der Waals surface area (Å²) in [7, 11) is -3.81. The molecule has 0 aromatic heterocycles. The standard InChI is InChI=1S/C11H13Cl3N2O3S/c12-7-3-9(13)11(10(14)4-7)20(17,18)16-5-8-6-19-2-1-15-8/h3-4,8,15-16H,1-2,5-6H2. The van der Waals surface area contributed by atoms with Gasteiger partial charge in [0, 0.05) is 24.2 Å². The monoisotopic (exact) mass is 358 g/mol. The number of rotatable bonds is 4. The molecule has 2 N–H and O–H groups in total. The van der Waals surface area contributed by atoms with Gasteiger partial charge in [-0.2, -0.15) is 0 Å². The van der Waals surface area contributed by atoms with Crippen LogP contribution in [0.2, 0.25) is 15.1 Å². The molecular weight excluding hydrogens is 347 g/mol. The first-order chi connectivity index (χ1) is 9.40. The SMILES string of the molecule is O=S(=O)(NCC1COCCN1)c1c(Cl)cc(Cl)cc1Cl. The first kappa shape index (κ1) is 16.3. The third-order valence-electron chi connectivity index (χ3n) is 2.75. The Morgan fingerprint density at radius 1 is 1.30 bits per heavy atom. The van der Waals surface area contributed by atoms with Crippen LogP contribution in [0.3, 0.4) is 0 Å². The third-order valence-corrected chi connectivity index (χ3v) is 5.31. The number of hydrogen-bond donors (Lipinski definition) is 2. The van der Waals surface area contributed by atoms with Gasteiger partial charge in [-0.05, 0) is 12.1 Å². The Morgan fingerprint density at radius 3 is 2.50 bits per heavy atom. The molecule has 1 unspecified atom stereocenters. The second kappa shape index (κ2) is 6.79.